The van der Waals surface area contributed by atoms with Crippen molar-refractivity contribution in [3.8, 4) is 5.69 Å². The van der Waals surface area contributed by atoms with Gasteiger partial charge in [0, 0.05) is 33.9 Å². The lowest BCUT2D eigenvalue weighted by atomic mass is 10.0. The van der Waals surface area contributed by atoms with Gasteiger partial charge in [-0.15, -0.1) is 0 Å². The van der Waals surface area contributed by atoms with E-state index in [4.69, 9.17) is 0 Å². The van der Waals surface area contributed by atoms with Crippen LogP contribution in [0.3, 0.4) is 0 Å². The van der Waals surface area contributed by atoms with E-state index in [1.165, 1.54) is 18.2 Å². The summed E-state index contributed by atoms with van der Waals surface area (Å²) in [7, 11) is 0. The number of aryl methyl sites for hydroxylation is 1. The van der Waals surface area contributed by atoms with Crippen LogP contribution in [0.5, 0.6) is 0 Å². The van der Waals surface area contributed by atoms with E-state index in [1.54, 1.807) is 18.2 Å². The third-order valence-electron chi connectivity index (χ3n) is 4.98. The van der Waals surface area contributed by atoms with Gasteiger partial charge in [-0.05, 0) is 68.0 Å². The summed E-state index contributed by atoms with van der Waals surface area (Å²) in [5, 5.41) is 2.50. The number of fused-ring (bicyclic) bond motifs is 1. The van der Waals surface area contributed by atoms with E-state index in [2.05, 4.69) is 5.32 Å². The minimum absolute atomic E-state index is 0.142. The smallest absolute Gasteiger partial charge is 0.321 e. The second-order valence-corrected chi connectivity index (χ2v) is 6.91. The lowest BCUT2D eigenvalue weighted by molar-refractivity contribution is -0.137. The predicted octanol–water partition coefficient (Wildman–Crippen LogP) is 5.74. The Morgan fingerprint density at radius 2 is 1.69 bits per heavy atom. The predicted molar refractivity (Wildman–Crippen MR) is 103 cm³/mol. The molecule has 0 spiro atoms. The molecule has 148 valence electrons. The molecule has 2 heterocycles. The molecular weight excluding hydrogens is 384 g/mol. The largest absolute Gasteiger partial charge is 0.416 e. The molecule has 3 aromatic rings. The van der Waals surface area contributed by atoms with Crippen molar-refractivity contribution in [1.29, 1.82) is 0 Å². The van der Waals surface area contributed by atoms with Gasteiger partial charge < -0.3 is 9.88 Å². The molecule has 0 radical (unpaired) electrons. The summed E-state index contributed by atoms with van der Waals surface area (Å²) in [6.45, 7) is 3.75. The van der Waals surface area contributed by atoms with Crippen LogP contribution >= 0.6 is 0 Å². The van der Waals surface area contributed by atoms with Crippen molar-refractivity contribution >= 4 is 23.2 Å². The fourth-order valence-electron chi connectivity index (χ4n) is 3.59. The van der Waals surface area contributed by atoms with Crippen molar-refractivity contribution in [3.63, 3.8) is 0 Å². The highest BCUT2D eigenvalue weighted by Gasteiger charge is 2.33. The Morgan fingerprint density at radius 3 is 2.34 bits per heavy atom. The third kappa shape index (κ3) is 3.33. The first kappa shape index (κ1) is 19.0. The molecule has 4 rings (SSSR count). The number of amides is 1. The number of nitrogens with zero attached hydrogens (tertiary/aromatic N) is 1. The summed E-state index contributed by atoms with van der Waals surface area (Å²) in [4.78, 5) is 12.4. The van der Waals surface area contributed by atoms with Crippen LogP contribution in [0.1, 0.15) is 28.1 Å². The number of aromatic nitrogens is 1. The summed E-state index contributed by atoms with van der Waals surface area (Å²) in [5.74, 6) is -0.790. The highest BCUT2D eigenvalue weighted by Crippen LogP contribution is 2.38. The molecule has 7 heteroatoms. The highest BCUT2D eigenvalue weighted by atomic mass is 19.4. The van der Waals surface area contributed by atoms with Gasteiger partial charge in [-0.25, -0.2) is 4.39 Å². The molecule has 2 aromatic carbocycles. The molecule has 1 aliphatic rings. The number of benzene rings is 2. The minimum atomic E-state index is -4.48. The zero-order valence-electron chi connectivity index (χ0n) is 15.6. The molecule has 0 unspecified atom stereocenters. The van der Waals surface area contributed by atoms with Crippen LogP contribution in [0, 0.1) is 19.7 Å². The minimum Gasteiger partial charge on any atom is -0.321 e. The maximum atomic E-state index is 13.2. The van der Waals surface area contributed by atoms with Crippen LogP contribution in [0.15, 0.2) is 48.5 Å². The quantitative estimate of drug-likeness (QED) is 0.432. The number of anilines is 1. The van der Waals surface area contributed by atoms with Gasteiger partial charge in [0.05, 0.1) is 5.56 Å². The van der Waals surface area contributed by atoms with Crippen molar-refractivity contribution in [1.82, 2.24) is 4.57 Å². The molecule has 0 saturated carbocycles. The number of carbonyl (C=O) groups is 1. The second-order valence-electron chi connectivity index (χ2n) is 6.91. The molecule has 0 bridgehead atoms. The van der Waals surface area contributed by atoms with Crippen molar-refractivity contribution in [2.24, 2.45) is 0 Å². The van der Waals surface area contributed by atoms with E-state index in [0.29, 0.717) is 11.1 Å². The van der Waals surface area contributed by atoms with Gasteiger partial charge in [0.1, 0.15) is 5.82 Å². The van der Waals surface area contributed by atoms with E-state index in [-0.39, 0.29) is 11.5 Å². The average molecular weight is 400 g/mol. The number of halogens is 4. The summed E-state index contributed by atoms with van der Waals surface area (Å²) in [6, 6.07) is 11.1. The number of hydrogen-bond acceptors (Lipinski definition) is 1. The molecular formula is C22H16F4N2O. The molecule has 0 saturated heterocycles. The van der Waals surface area contributed by atoms with E-state index >= 15 is 0 Å². The molecule has 3 nitrogen and oxygen atoms in total. The fourth-order valence-corrected chi connectivity index (χ4v) is 3.59. The van der Waals surface area contributed by atoms with Crippen LogP contribution < -0.4 is 5.32 Å². The van der Waals surface area contributed by atoms with Crippen LogP contribution in [0.2, 0.25) is 0 Å². The van der Waals surface area contributed by atoms with Crippen molar-refractivity contribution in [2.45, 2.75) is 20.0 Å². The van der Waals surface area contributed by atoms with Gasteiger partial charge in [0.15, 0.2) is 0 Å². The molecule has 1 N–H and O–H groups in total. The Kier molecular flexibility index (Phi) is 4.33. The zero-order chi connectivity index (χ0) is 20.9. The molecule has 0 fully saturated rings. The molecule has 0 aliphatic carbocycles. The molecule has 1 aliphatic heterocycles. The maximum Gasteiger partial charge on any atom is 0.416 e. The lowest BCUT2D eigenvalue weighted by Crippen LogP contribution is -2.06. The Bertz CT molecular complexity index is 1150. The van der Waals surface area contributed by atoms with Gasteiger partial charge in [-0.2, -0.15) is 13.2 Å². The Morgan fingerprint density at radius 1 is 1.00 bits per heavy atom. The van der Waals surface area contributed by atoms with E-state index in [1.807, 2.05) is 24.5 Å². The van der Waals surface area contributed by atoms with Gasteiger partial charge in [0.2, 0.25) is 0 Å². The van der Waals surface area contributed by atoms with Gasteiger partial charge in [0.25, 0.3) is 5.91 Å². The van der Waals surface area contributed by atoms with E-state index in [0.717, 1.165) is 34.8 Å². The topological polar surface area (TPSA) is 34.0 Å². The van der Waals surface area contributed by atoms with Crippen molar-refractivity contribution in [3.05, 3.63) is 82.4 Å². The van der Waals surface area contributed by atoms with Gasteiger partial charge in [-0.1, -0.05) is 6.07 Å². The Balaban J connectivity index is 1.78. The van der Waals surface area contributed by atoms with E-state index < -0.39 is 17.6 Å². The van der Waals surface area contributed by atoms with Crippen molar-refractivity contribution in [2.75, 3.05) is 5.32 Å². The summed E-state index contributed by atoms with van der Waals surface area (Å²) in [5.41, 5.74) is 3.29. The molecule has 1 aromatic heterocycles. The number of alkyl halides is 3. The van der Waals surface area contributed by atoms with Crippen molar-refractivity contribution < 1.29 is 22.4 Å². The van der Waals surface area contributed by atoms with Crippen LogP contribution in [0.25, 0.3) is 17.3 Å². The number of carbonyl (C=O) groups excluding carboxylic acids is 1. The first-order valence-electron chi connectivity index (χ1n) is 8.84. The third-order valence-corrected chi connectivity index (χ3v) is 4.98. The second kappa shape index (κ2) is 6.62. The fraction of sp³-hybridized carbons (Fsp3) is 0.136. The van der Waals surface area contributed by atoms with E-state index in [9.17, 15) is 22.4 Å². The van der Waals surface area contributed by atoms with Gasteiger partial charge in [-0.3, -0.25) is 4.79 Å². The van der Waals surface area contributed by atoms with Crippen LogP contribution in [0.4, 0.5) is 23.2 Å². The average Bonchev–Trinajstić information content (AvgIpc) is 3.11. The zero-order valence-corrected chi connectivity index (χ0v) is 15.6. The highest BCUT2D eigenvalue weighted by molar-refractivity contribution is 6.35. The molecule has 0 atom stereocenters. The summed E-state index contributed by atoms with van der Waals surface area (Å²) in [6.07, 6.45) is -2.82. The Hall–Kier alpha value is -3.35. The first-order valence-corrected chi connectivity index (χ1v) is 8.84. The molecule has 1 amide bonds. The monoisotopic (exact) mass is 400 g/mol. The standard InChI is InChI=1S/C22H16F4N2O/c1-12-9-14(13(2)28(12)17-6-4-16(23)5-7-17)10-19-18-8-3-15(22(24,25)26)11-20(18)27-21(19)29/h3-11H,1-2H3,(H,27,29)/b19-10+. The number of nitrogens with one attached hydrogen (secondary N) is 1. The number of rotatable bonds is 2. The summed E-state index contributed by atoms with van der Waals surface area (Å²) < 4.78 is 53.9. The Labute approximate surface area is 164 Å². The van der Waals surface area contributed by atoms with Crippen LogP contribution in [-0.2, 0) is 11.0 Å². The van der Waals surface area contributed by atoms with Crippen LogP contribution in [-0.4, -0.2) is 10.5 Å². The summed E-state index contributed by atoms with van der Waals surface area (Å²) >= 11 is 0. The number of hydrogen-bond donors (Lipinski definition) is 1. The molecule has 29 heavy (non-hydrogen) atoms. The SMILES string of the molecule is Cc1cc(/C=C2/C(=O)Nc3cc(C(F)(F)F)ccc32)c(C)n1-c1ccc(F)cc1. The normalized spacial score (nSPS) is 15.0. The first-order chi connectivity index (χ1) is 13.6. The lowest BCUT2D eigenvalue weighted by Gasteiger charge is -2.09. The van der Waals surface area contributed by atoms with Gasteiger partial charge >= 0.3 is 6.18 Å². The maximum absolute atomic E-state index is 13.2.